The van der Waals surface area contributed by atoms with Crippen LogP contribution in [0.25, 0.3) is 6.08 Å². The summed E-state index contributed by atoms with van der Waals surface area (Å²) in [5.41, 5.74) is 1.27. The summed E-state index contributed by atoms with van der Waals surface area (Å²) in [6, 6.07) is 10.1. The van der Waals surface area contributed by atoms with Gasteiger partial charge in [-0.15, -0.1) is 0 Å². The predicted molar refractivity (Wildman–Crippen MR) is 159 cm³/mol. The molecule has 2 atom stereocenters. The molecule has 3 aromatic rings. The maximum Gasteiger partial charge on any atom is 0.326 e. The fourth-order valence-electron chi connectivity index (χ4n) is 4.59. The van der Waals surface area contributed by atoms with Crippen LogP contribution in [0.2, 0.25) is 10.0 Å². The Balaban J connectivity index is 1.51. The lowest BCUT2D eigenvalue weighted by Gasteiger charge is -2.29. The van der Waals surface area contributed by atoms with E-state index < -0.39 is 45.0 Å². The van der Waals surface area contributed by atoms with Crippen LogP contribution < -0.4 is 5.32 Å². The Kier molecular flexibility index (Phi) is 9.40. The van der Waals surface area contributed by atoms with E-state index in [-0.39, 0.29) is 47.1 Å². The van der Waals surface area contributed by atoms with Gasteiger partial charge in [-0.25, -0.2) is 13.6 Å². The highest BCUT2D eigenvalue weighted by Gasteiger charge is 2.29. The molecule has 2 N–H and O–H groups in total. The van der Waals surface area contributed by atoms with Gasteiger partial charge in [0.2, 0.25) is 5.91 Å². The molecule has 7 nitrogen and oxygen atoms in total. The number of amides is 2. The number of carboxylic acids is 1. The zero-order valence-electron chi connectivity index (χ0n) is 22.3. The van der Waals surface area contributed by atoms with Crippen molar-refractivity contribution in [3.8, 4) is 0 Å². The highest BCUT2D eigenvalue weighted by atomic mass is 35.5. The highest BCUT2D eigenvalue weighted by molar-refractivity contribution is 7.99. The molecule has 0 saturated heterocycles. The minimum Gasteiger partial charge on any atom is -0.480 e. The highest BCUT2D eigenvalue weighted by Crippen LogP contribution is 2.35. The lowest BCUT2D eigenvalue weighted by molar-refractivity contribution is -0.139. The van der Waals surface area contributed by atoms with E-state index in [1.54, 1.807) is 24.3 Å². The molecule has 1 aliphatic heterocycles. The molecule has 0 fully saturated rings. The fraction of sp³-hybridized carbons (Fsp3) is 0.200. The fourth-order valence-corrected chi connectivity index (χ4v) is 6.12. The minimum atomic E-state index is -2.52. The Morgan fingerprint density at radius 2 is 1.81 bits per heavy atom. The number of benzene rings is 3. The van der Waals surface area contributed by atoms with Gasteiger partial charge in [0, 0.05) is 42.3 Å². The van der Waals surface area contributed by atoms with Crippen molar-refractivity contribution in [2.24, 2.45) is 0 Å². The molecule has 0 bridgehead atoms. The first kappa shape index (κ1) is 31.2. The summed E-state index contributed by atoms with van der Waals surface area (Å²) in [7, 11) is -2.52. The lowest BCUT2D eigenvalue weighted by Crippen LogP contribution is -2.42. The Morgan fingerprint density at radius 3 is 2.45 bits per heavy atom. The number of fused-ring (bicyclic) bond motifs is 1. The van der Waals surface area contributed by atoms with E-state index in [0.29, 0.717) is 21.6 Å². The van der Waals surface area contributed by atoms with Crippen molar-refractivity contribution in [1.82, 2.24) is 10.2 Å². The van der Waals surface area contributed by atoms with Crippen molar-refractivity contribution in [3.63, 3.8) is 0 Å². The number of carbonyl (C=O) groups is 3. The van der Waals surface area contributed by atoms with Gasteiger partial charge in [-0.05, 0) is 74.9 Å². The van der Waals surface area contributed by atoms with Crippen LogP contribution in [-0.4, -0.2) is 56.7 Å². The molecule has 0 aliphatic carbocycles. The summed E-state index contributed by atoms with van der Waals surface area (Å²) in [5, 5.41) is 12.3. The van der Waals surface area contributed by atoms with Gasteiger partial charge in [0.25, 0.3) is 5.91 Å². The molecule has 1 heterocycles. The second-order valence-electron chi connectivity index (χ2n) is 9.88. The molecule has 4 rings (SSSR count). The third kappa shape index (κ3) is 7.00. The number of carboxylic acid groups (broad SMARTS) is 1. The molecule has 3 aromatic carbocycles. The molecular weight excluding hydrogens is 609 g/mol. The molecular formula is C30H26Cl2F2N2O5S. The van der Waals surface area contributed by atoms with E-state index in [0.717, 1.165) is 24.3 Å². The molecule has 1 unspecified atom stereocenters. The standard InChI is InChI=1S/C30H26Cl2F2N2O5S/c1-42(2,41)19-6-3-5-17(13-19)14-25(30(39)40)35-29(38)27-22(31)15-18-16-36(12-11-20(18)28(27)32)26(37)10-9-21-23(33)7-4-8-24(21)34/h3-10,13,15,25H,1,11-12,14,16H2,2H3,(H,35,38)(H,39,40)/b10-9+/t25-,42?/m0/s1. The monoisotopic (exact) mass is 634 g/mol. The maximum absolute atomic E-state index is 13.9. The van der Waals surface area contributed by atoms with Crippen LogP contribution in [-0.2, 0) is 38.5 Å². The van der Waals surface area contributed by atoms with E-state index in [4.69, 9.17) is 23.2 Å². The summed E-state index contributed by atoms with van der Waals surface area (Å²) in [6.07, 6.45) is 3.79. The number of aliphatic carboxylic acids is 1. The number of hydrogen-bond acceptors (Lipinski definition) is 4. The Labute approximate surface area is 251 Å². The van der Waals surface area contributed by atoms with E-state index in [1.807, 2.05) is 0 Å². The van der Waals surface area contributed by atoms with Crippen molar-refractivity contribution >= 4 is 62.5 Å². The molecule has 1 aliphatic rings. The van der Waals surface area contributed by atoms with Crippen LogP contribution in [0, 0.1) is 11.6 Å². The summed E-state index contributed by atoms with van der Waals surface area (Å²) in [6.45, 7) is 0.292. The van der Waals surface area contributed by atoms with Gasteiger partial charge in [0.15, 0.2) is 0 Å². The normalized spacial score (nSPS) is 15.1. The average Bonchev–Trinajstić information content (AvgIpc) is 2.91. The minimum absolute atomic E-state index is 0.0385. The molecule has 42 heavy (non-hydrogen) atoms. The molecule has 0 spiro atoms. The van der Waals surface area contributed by atoms with Crippen molar-refractivity contribution in [1.29, 1.82) is 0 Å². The molecule has 0 saturated carbocycles. The Morgan fingerprint density at radius 1 is 1.14 bits per heavy atom. The van der Waals surface area contributed by atoms with Gasteiger partial charge in [-0.1, -0.05) is 41.4 Å². The molecule has 12 heteroatoms. The van der Waals surface area contributed by atoms with Gasteiger partial charge in [-0.3, -0.25) is 13.8 Å². The zero-order chi connectivity index (χ0) is 30.8. The summed E-state index contributed by atoms with van der Waals surface area (Å²) < 4.78 is 40.1. The number of carbonyl (C=O) groups excluding carboxylic acids is 2. The first-order valence-corrected chi connectivity index (χ1v) is 15.5. The third-order valence-corrected chi connectivity index (χ3v) is 8.74. The second-order valence-corrected chi connectivity index (χ2v) is 13.2. The van der Waals surface area contributed by atoms with E-state index in [9.17, 15) is 32.5 Å². The van der Waals surface area contributed by atoms with Crippen molar-refractivity contribution < 1.29 is 32.5 Å². The number of rotatable bonds is 8. The van der Waals surface area contributed by atoms with Crippen molar-refractivity contribution in [2.45, 2.75) is 30.3 Å². The predicted octanol–water partition coefficient (Wildman–Crippen LogP) is 5.00. The molecule has 2 amide bonds. The zero-order valence-corrected chi connectivity index (χ0v) is 24.7. The summed E-state index contributed by atoms with van der Waals surface area (Å²) in [4.78, 5) is 39.9. The quantitative estimate of drug-likeness (QED) is 0.268. The summed E-state index contributed by atoms with van der Waals surface area (Å²) >= 11 is 13.0. The maximum atomic E-state index is 13.9. The van der Waals surface area contributed by atoms with Gasteiger partial charge in [0.1, 0.15) is 17.7 Å². The van der Waals surface area contributed by atoms with E-state index in [2.05, 4.69) is 11.2 Å². The van der Waals surface area contributed by atoms with Crippen molar-refractivity contribution in [2.75, 3.05) is 12.8 Å². The van der Waals surface area contributed by atoms with E-state index >= 15 is 0 Å². The average molecular weight is 636 g/mol. The molecule has 220 valence electrons. The number of hydrogen-bond donors (Lipinski definition) is 2. The molecule has 0 radical (unpaired) electrons. The second kappa shape index (κ2) is 12.6. The molecule has 0 aromatic heterocycles. The largest absolute Gasteiger partial charge is 0.480 e. The number of nitrogens with zero attached hydrogens (tertiary/aromatic N) is 1. The first-order chi connectivity index (χ1) is 19.8. The van der Waals surface area contributed by atoms with Gasteiger partial charge < -0.3 is 15.3 Å². The van der Waals surface area contributed by atoms with E-state index in [1.165, 1.54) is 23.3 Å². The Hall–Kier alpha value is -3.73. The van der Waals surface area contributed by atoms with Crippen LogP contribution in [0.1, 0.15) is 32.6 Å². The number of halogens is 4. The van der Waals surface area contributed by atoms with Gasteiger partial charge >= 0.3 is 5.97 Å². The van der Waals surface area contributed by atoms with Gasteiger partial charge in [0.05, 0.1) is 15.6 Å². The number of nitrogens with one attached hydrogen (secondary N) is 1. The lowest BCUT2D eigenvalue weighted by atomic mass is 9.96. The van der Waals surface area contributed by atoms with Crippen LogP contribution in [0.15, 0.2) is 59.5 Å². The third-order valence-electron chi connectivity index (χ3n) is 6.78. The first-order valence-electron chi connectivity index (χ1n) is 12.6. The van der Waals surface area contributed by atoms with Gasteiger partial charge in [-0.2, -0.15) is 0 Å². The summed E-state index contributed by atoms with van der Waals surface area (Å²) in [5.74, 6) is -0.512. The van der Waals surface area contributed by atoms with Crippen molar-refractivity contribution in [3.05, 3.63) is 104 Å². The van der Waals surface area contributed by atoms with Crippen LogP contribution in [0.5, 0.6) is 0 Å². The van der Waals surface area contributed by atoms with Crippen LogP contribution in [0.3, 0.4) is 0 Å². The van der Waals surface area contributed by atoms with Crippen LogP contribution in [0.4, 0.5) is 8.78 Å². The smallest absolute Gasteiger partial charge is 0.326 e. The SMILES string of the molecule is C=S(C)(=O)c1cccc(C[C@H](NC(=O)c2c(Cl)cc3c(c2Cl)CCN(C(=O)/C=C/c2c(F)cccc2F)C3)C(=O)O)c1. The Bertz CT molecular complexity index is 1710. The topological polar surface area (TPSA) is 104 Å². The van der Waals surface area contributed by atoms with Crippen LogP contribution >= 0.6 is 23.2 Å².